The van der Waals surface area contributed by atoms with Crippen LogP contribution in [0.1, 0.15) is 24.1 Å². The van der Waals surface area contributed by atoms with E-state index in [1.807, 2.05) is 36.4 Å². The maximum absolute atomic E-state index is 12.5. The molecular weight excluding hydrogens is 385 g/mol. The van der Waals surface area contributed by atoms with Crippen molar-refractivity contribution in [1.29, 1.82) is 0 Å². The Morgan fingerprint density at radius 2 is 1.83 bits per heavy atom. The number of unbranched alkanes of at least 4 members (excludes halogenated alkanes) is 1. The highest BCUT2D eigenvalue weighted by molar-refractivity contribution is 6.33. The van der Waals surface area contributed by atoms with Gasteiger partial charge in [-0.2, -0.15) is 0 Å². The molecule has 0 radical (unpaired) electrons. The molecule has 0 aliphatic rings. The van der Waals surface area contributed by atoms with Crippen LogP contribution in [-0.4, -0.2) is 16.2 Å². The third-order valence-electron chi connectivity index (χ3n) is 5.12. The first-order chi connectivity index (χ1) is 14.2. The van der Waals surface area contributed by atoms with Crippen molar-refractivity contribution in [2.45, 2.75) is 25.8 Å². The van der Waals surface area contributed by atoms with Crippen LogP contribution in [0.2, 0.25) is 5.02 Å². The van der Waals surface area contributed by atoms with Crippen molar-refractivity contribution in [2.24, 2.45) is 0 Å². The van der Waals surface area contributed by atoms with Crippen molar-refractivity contribution in [2.75, 3.05) is 12.4 Å². The van der Waals surface area contributed by atoms with E-state index in [9.17, 15) is 4.39 Å². The largest absolute Gasteiger partial charge is 0.384 e. The molecular formula is C24H23ClFN3. The molecule has 0 unspecified atom stereocenters. The molecule has 0 atom stereocenters. The second kappa shape index (κ2) is 8.66. The molecule has 0 bridgehead atoms. The summed E-state index contributed by atoms with van der Waals surface area (Å²) in [4.78, 5) is 4.48. The number of anilines is 1. The lowest BCUT2D eigenvalue weighted by atomic mass is 10.1. The summed E-state index contributed by atoms with van der Waals surface area (Å²) in [6.45, 7) is 0.319. The Balaban J connectivity index is 1.83. The van der Waals surface area contributed by atoms with Gasteiger partial charge in [0.05, 0.1) is 24.6 Å². The van der Waals surface area contributed by atoms with Gasteiger partial charge in [-0.1, -0.05) is 48.0 Å². The van der Waals surface area contributed by atoms with Crippen LogP contribution < -0.4 is 5.73 Å². The summed E-state index contributed by atoms with van der Waals surface area (Å²) in [5.41, 5.74) is 11.1. The average Bonchev–Trinajstić information content (AvgIpc) is 3.06. The van der Waals surface area contributed by atoms with E-state index in [0.717, 1.165) is 40.7 Å². The zero-order chi connectivity index (χ0) is 20.2. The first-order valence-corrected chi connectivity index (χ1v) is 10.2. The molecule has 3 nitrogen and oxygen atoms in total. The van der Waals surface area contributed by atoms with Gasteiger partial charge in [0.15, 0.2) is 0 Å². The lowest BCUT2D eigenvalue weighted by Gasteiger charge is -2.13. The number of aromatic nitrogens is 2. The van der Waals surface area contributed by atoms with E-state index < -0.39 is 0 Å². The van der Waals surface area contributed by atoms with Gasteiger partial charge in [0.25, 0.3) is 0 Å². The Hall–Kier alpha value is -2.85. The molecule has 2 aromatic heterocycles. The molecule has 0 saturated heterocycles. The minimum Gasteiger partial charge on any atom is -0.384 e. The van der Waals surface area contributed by atoms with E-state index in [1.54, 1.807) is 6.07 Å². The number of nitrogens with two attached hydrogens (primary N) is 1. The number of fused-ring (bicyclic) bond motifs is 1. The molecule has 4 rings (SSSR count). The van der Waals surface area contributed by atoms with E-state index >= 15 is 0 Å². The van der Waals surface area contributed by atoms with Crippen LogP contribution in [0.3, 0.4) is 0 Å². The average molecular weight is 408 g/mol. The summed E-state index contributed by atoms with van der Waals surface area (Å²) < 4.78 is 14.7. The Morgan fingerprint density at radius 3 is 2.62 bits per heavy atom. The minimum absolute atomic E-state index is 0.267. The number of benzene rings is 2. The molecule has 0 aliphatic carbocycles. The van der Waals surface area contributed by atoms with Gasteiger partial charge in [0, 0.05) is 21.5 Å². The van der Waals surface area contributed by atoms with E-state index in [-0.39, 0.29) is 6.67 Å². The van der Waals surface area contributed by atoms with Gasteiger partial charge >= 0.3 is 0 Å². The zero-order valence-corrected chi connectivity index (χ0v) is 16.9. The lowest BCUT2D eigenvalue weighted by molar-refractivity contribution is 0.462. The van der Waals surface area contributed by atoms with Gasteiger partial charge in [-0.15, -0.1) is 0 Å². The van der Waals surface area contributed by atoms with Crippen molar-refractivity contribution < 1.29 is 4.39 Å². The quantitative estimate of drug-likeness (QED) is 0.366. The fourth-order valence-electron chi connectivity index (χ4n) is 3.69. The first-order valence-electron chi connectivity index (χ1n) is 9.80. The standard InChI is InChI=1S/C24H23ClFN3/c25-21-9-2-1-8-20(21)23-15-18-12-11-17(6-3-4-13-26)14-22(18)29(23)16-19-7-5-10-24(27)28-19/h1-2,5,7-12,14-15H,3-4,6,13,16H2,(H2,27,28). The van der Waals surface area contributed by atoms with Gasteiger partial charge in [0.1, 0.15) is 5.82 Å². The summed E-state index contributed by atoms with van der Waals surface area (Å²) in [6, 6.07) is 22.1. The Labute approximate surface area is 174 Å². The van der Waals surface area contributed by atoms with E-state index in [1.165, 1.54) is 5.56 Å². The fraction of sp³-hybridized carbons (Fsp3) is 0.208. The van der Waals surface area contributed by atoms with Crippen LogP contribution >= 0.6 is 11.6 Å². The van der Waals surface area contributed by atoms with Gasteiger partial charge < -0.3 is 10.3 Å². The summed E-state index contributed by atoms with van der Waals surface area (Å²) >= 11 is 6.52. The topological polar surface area (TPSA) is 43.8 Å². The monoisotopic (exact) mass is 407 g/mol. The number of alkyl halides is 1. The minimum atomic E-state index is -0.267. The zero-order valence-electron chi connectivity index (χ0n) is 16.1. The molecule has 0 aliphatic heterocycles. The van der Waals surface area contributed by atoms with Crippen LogP contribution in [0.15, 0.2) is 66.7 Å². The Kier molecular flexibility index (Phi) is 5.81. The van der Waals surface area contributed by atoms with Crippen molar-refractivity contribution in [3.63, 3.8) is 0 Å². The second-order valence-electron chi connectivity index (χ2n) is 7.19. The van der Waals surface area contributed by atoms with E-state index in [4.69, 9.17) is 17.3 Å². The fourth-order valence-corrected chi connectivity index (χ4v) is 3.92. The maximum atomic E-state index is 12.5. The predicted octanol–water partition coefficient (Wildman–Crippen LogP) is 6.28. The molecule has 2 aromatic carbocycles. The van der Waals surface area contributed by atoms with Gasteiger partial charge in [-0.05, 0) is 55.2 Å². The molecule has 5 heteroatoms. The van der Waals surface area contributed by atoms with Gasteiger partial charge in [-0.3, -0.25) is 4.39 Å². The van der Waals surface area contributed by atoms with Gasteiger partial charge in [0.2, 0.25) is 0 Å². The molecule has 0 fully saturated rings. The highest BCUT2D eigenvalue weighted by Gasteiger charge is 2.14. The van der Waals surface area contributed by atoms with Crippen molar-refractivity contribution in [1.82, 2.24) is 9.55 Å². The molecule has 148 valence electrons. The summed E-state index contributed by atoms with van der Waals surface area (Å²) in [7, 11) is 0. The van der Waals surface area contributed by atoms with Crippen LogP contribution in [0.25, 0.3) is 22.2 Å². The SMILES string of the molecule is Nc1cccc(Cn2c(-c3ccccc3Cl)cc3ccc(CCCCF)cc32)n1. The number of pyridine rings is 1. The number of aryl methyl sites for hydroxylation is 1. The number of hydrogen-bond acceptors (Lipinski definition) is 2. The maximum Gasteiger partial charge on any atom is 0.123 e. The molecule has 0 spiro atoms. The first kappa shape index (κ1) is 19.5. The van der Waals surface area contributed by atoms with Crippen LogP contribution in [0, 0.1) is 0 Å². The van der Waals surface area contributed by atoms with Crippen LogP contribution in [-0.2, 0) is 13.0 Å². The Morgan fingerprint density at radius 1 is 0.966 bits per heavy atom. The van der Waals surface area contributed by atoms with Crippen molar-refractivity contribution in [3.8, 4) is 11.3 Å². The number of halogens is 2. The number of rotatable bonds is 7. The smallest absolute Gasteiger partial charge is 0.123 e. The van der Waals surface area contributed by atoms with E-state index in [2.05, 4.69) is 33.8 Å². The molecule has 0 saturated carbocycles. The predicted molar refractivity (Wildman–Crippen MR) is 119 cm³/mol. The van der Waals surface area contributed by atoms with E-state index in [0.29, 0.717) is 23.8 Å². The summed E-state index contributed by atoms with van der Waals surface area (Å²) in [5.74, 6) is 0.505. The molecule has 4 aromatic rings. The van der Waals surface area contributed by atoms with Crippen molar-refractivity contribution >= 4 is 28.3 Å². The number of nitrogen functional groups attached to an aromatic ring is 1. The lowest BCUT2D eigenvalue weighted by Crippen LogP contribution is -2.05. The normalized spacial score (nSPS) is 11.2. The van der Waals surface area contributed by atoms with Gasteiger partial charge in [-0.25, -0.2) is 4.98 Å². The highest BCUT2D eigenvalue weighted by atomic mass is 35.5. The Bertz CT molecular complexity index is 1140. The molecule has 2 heterocycles. The summed E-state index contributed by atoms with van der Waals surface area (Å²) in [5, 5.41) is 1.85. The second-order valence-corrected chi connectivity index (χ2v) is 7.60. The van der Waals surface area contributed by atoms with Crippen LogP contribution in [0.5, 0.6) is 0 Å². The number of hydrogen-bond donors (Lipinski definition) is 1. The highest BCUT2D eigenvalue weighted by Crippen LogP contribution is 2.34. The molecule has 0 amide bonds. The van der Waals surface area contributed by atoms with Crippen molar-refractivity contribution in [3.05, 3.63) is 83.0 Å². The molecule has 2 N–H and O–H groups in total. The third kappa shape index (κ3) is 4.28. The number of nitrogens with zero attached hydrogens (tertiary/aromatic N) is 2. The van der Waals surface area contributed by atoms with Crippen LogP contribution in [0.4, 0.5) is 10.2 Å². The third-order valence-corrected chi connectivity index (χ3v) is 5.45. The molecule has 29 heavy (non-hydrogen) atoms. The summed E-state index contributed by atoms with van der Waals surface area (Å²) in [6.07, 6.45) is 2.30.